The summed E-state index contributed by atoms with van der Waals surface area (Å²) in [5.41, 5.74) is 2.48. The Morgan fingerprint density at radius 3 is 2.50 bits per heavy atom. The van der Waals surface area contributed by atoms with Crippen LogP contribution in [0.4, 0.5) is 5.69 Å². The van der Waals surface area contributed by atoms with Gasteiger partial charge >= 0.3 is 0 Å². The lowest BCUT2D eigenvalue weighted by Gasteiger charge is -2.48. The molecule has 3 heterocycles. The Morgan fingerprint density at radius 1 is 1.20 bits per heavy atom. The molecule has 0 saturated carbocycles. The van der Waals surface area contributed by atoms with E-state index < -0.39 is 13.2 Å². The van der Waals surface area contributed by atoms with Crippen LogP contribution in [0, 0.1) is 16.0 Å². The van der Waals surface area contributed by atoms with Crippen molar-refractivity contribution >= 4 is 48.9 Å². The number of non-ortho nitro benzene ring substituents is 1. The molecule has 2 aliphatic heterocycles. The predicted octanol–water partition coefficient (Wildman–Crippen LogP) is 7.01. The molecule has 214 valence electrons. The van der Waals surface area contributed by atoms with Crippen LogP contribution < -0.4 is 0 Å². The second-order valence-electron chi connectivity index (χ2n) is 11.8. The number of aryl methyl sites for hydroxylation is 1. The Kier molecular flexibility index (Phi) is 9.18. The molecule has 0 radical (unpaired) electrons. The molecule has 8 nitrogen and oxygen atoms in total. The highest BCUT2D eigenvalue weighted by atomic mass is 32.2. The van der Waals surface area contributed by atoms with Crippen LogP contribution in [-0.2, 0) is 27.0 Å². The number of hydrogen-bond acceptors (Lipinski definition) is 8. The molecule has 0 N–H and O–H groups in total. The molecule has 40 heavy (non-hydrogen) atoms. The van der Waals surface area contributed by atoms with Gasteiger partial charge in [-0.25, -0.2) is 0 Å². The molecule has 1 amide bonds. The van der Waals surface area contributed by atoms with Crippen molar-refractivity contribution in [3.63, 3.8) is 0 Å². The fourth-order valence-corrected chi connectivity index (χ4v) is 8.06. The summed E-state index contributed by atoms with van der Waals surface area (Å²) in [6, 6.07) is 12.1. The van der Waals surface area contributed by atoms with Crippen LogP contribution in [0.25, 0.3) is 0 Å². The number of thioether (sulfide) groups is 1. The molecule has 11 heteroatoms. The molecule has 0 unspecified atom stereocenters. The molecule has 1 aromatic carbocycles. The first-order valence-electron chi connectivity index (χ1n) is 13.5. The Bertz CT molecular complexity index is 1290. The summed E-state index contributed by atoms with van der Waals surface area (Å²) in [6.07, 6.45) is 4.03. The SMILES string of the molecule is C[C@H](O[Si](C)(C)C(C)(C)C)[C@@H]1C(=O)N2C(C(=S)OCc3ccc([N+](=O)[O-])cc3)=C(CCCc3ccccn3)S[C@H]12. The number of nitro groups is 1. The summed E-state index contributed by atoms with van der Waals surface area (Å²) in [6.45, 7) is 13.2. The van der Waals surface area contributed by atoms with Crippen molar-refractivity contribution in [1.82, 2.24) is 9.88 Å². The molecule has 4 rings (SSSR count). The van der Waals surface area contributed by atoms with E-state index in [9.17, 15) is 14.9 Å². The number of β-lactam (4-membered cyclic amide) rings is 1. The summed E-state index contributed by atoms with van der Waals surface area (Å²) in [5.74, 6) is -0.236. The van der Waals surface area contributed by atoms with Gasteiger partial charge in [-0.05, 0) is 86.4 Å². The van der Waals surface area contributed by atoms with Crippen molar-refractivity contribution in [2.24, 2.45) is 5.92 Å². The van der Waals surface area contributed by atoms with Crippen LogP contribution in [0.15, 0.2) is 59.3 Å². The number of pyridine rings is 1. The molecule has 0 spiro atoms. The first kappa shape index (κ1) is 30.4. The van der Waals surface area contributed by atoms with Crippen molar-refractivity contribution in [2.75, 3.05) is 0 Å². The average Bonchev–Trinajstić information content (AvgIpc) is 3.21. The molecule has 3 atom stereocenters. The number of benzene rings is 1. The number of amides is 1. The molecule has 0 bridgehead atoms. The minimum absolute atomic E-state index is 0.0136. The van der Waals surface area contributed by atoms with E-state index in [2.05, 4.69) is 38.8 Å². The molecular formula is C29H37N3O5S2Si. The smallest absolute Gasteiger partial charge is 0.269 e. The molecule has 1 fully saturated rings. The summed E-state index contributed by atoms with van der Waals surface area (Å²) >= 11 is 7.42. The number of carbonyl (C=O) groups excluding carboxylic acids is 1. The number of fused-ring (bicyclic) bond motifs is 1. The zero-order valence-electron chi connectivity index (χ0n) is 23.9. The third kappa shape index (κ3) is 6.48. The van der Waals surface area contributed by atoms with Crippen molar-refractivity contribution in [1.29, 1.82) is 0 Å². The highest BCUT2D eigenvalue weighted by Gasteiger charge is 2.58. The van der Waals surface area contributed by atoms with Gasteiger partial charge in [0.25, 0.3) is 5.69 Å². The molecular weight excluding hydrogens is 563 g/mol. The maximum atomic E-state index is 13.6. The number of thiocarbonyl (C=S) groups is 1. The van der Waals surface area contributed by atoms with Crippen molar-refractivity contribution in [3.8, 4) is 0 Å². The largest absolute Gasteiger partial charge is 0.477 e. The van der Waals surface area contributed by atoms with Crippen LogP contribution in [-0.4, -0.2) is 45.6 Å². The van der Waals surface area contributed by atoms with Gasteiger partial charge in [0.1, 0.15) is 17.7 Å². The second-order valence-corrected chi connectivity index (χ2v) is 18.1. The van der Waals surface area contributed by atoms with Gasteiger partial charge in [0.05, 0.1) is 16.9 Å². The number of hydrogen-bond donors (Lipinski definition) is 0. The number of nitrogens with zero attached hydrogens (tertiary/aromatic N) is 3. The zero-order valence-corrected chi connectivity index (χ0v) is 26.5. The van der Waals surface area contributed by atoms with E-state index in [-0.39, 0.29) is 45.7 Å². The number of ether oxygens (including phenoxy) is 1. The van der Waals surface area contributed by atoms with Crippen molar-refractivity contribution < 1.29 is 18.9 Å². The van der Waals surface area contributed by atoms with Crippen LogP contribution in [0.2, 0.25) is 18.1 Å². The first-order valence-corrected chi connectivity index (χ1v) is 17.7. The first-order chi connectivity index (χ1) is 18.8. The minimum atomic E-state index is -2.06. The van der Waals surface area contributed by atoms with Crippen LogP contribution in [0.5, 0.6) is 0 Å². The topological polar surface area (TPSA) is 94.8 Å². The Labute approximate surface area is 246 Å². The second kappa shape index (κ2) is 12.1. The van der Waals surface area contributed by atoms with Gasteiger partial charge in [-0.1, -0.05) is 26.8 Å². The van der Waals surface area contributed by atoms with E-state index in [0.717, 1.165) is 35.4 Å². The summed E-state index contributed by atoms with van der Waals surface area (Å²) < 4.78 is 12.6. The monoisotopic (exact) mass is 599 g/mol. The van der Waals surface area contributed by atoms with E-state index in [4.69, 9.17) is 21.4 Å². The third-order valence-electron chi connectivity index (χ3n) is 7.92. The molecule has 1 aromatic heterocycles. The number of carbonyl (C=O) groups is 1. The van der Waals surface area contributed by atoms with E-state index in [1.165, 1.54) is 12.1 Å². The zero-order chi connectivity index (χ0) is 29.2. The van der Waals surface area contributed by atoms with Crippen LogP contribution in [0.1, 0.15) is 51.8 Å². The maximum absolute atomic E-state index is 13.6. The summed E-state index contributed by atoms with van der Waals surface area (Å²) in [5, 5.41) is 11.2. The van der Waals surface area contributed by atoms with Gasteiger partial charge in [0.2, 0.25) is 11.0 Å². The van der Waals surface area contributed by atoms with Crippen LogP contribution in [0.3, 0.4) is 0 Å². The van der Waals surface area contributed by atoms with Gasteiger partial charge < -0.3 is 9.16 Å². The number of allylic oxidation sites excluding steroid dienone is 1. The molecule has 2 aromatic rings. The van der Waals surface area contributed by atoms with Gasteiger partial charge in [0, 0.05) is 28.9 Å². The molecule has 1 saturated heterocycles. The predicted molar refractivity (Wildman–Crippen MR) is 164 cm³/mol. The van der Waals surface area contributed by atoms with Crippen LogP contribution >= 0.6 is 24.0 Å². The van der Waals surface area contributed by atoms with Gasteiger partial charge in [-0.3, -0.25) is 24.8 Å². The van der Waals surface area contributed by atoms with E-state index in [1.807, 2.05) is 25.1 Å². The van der Waals surface area contributed by atoms with Gasteiger partial charge in [-0.2, -0.15) is 0 Å². The lowest BCUT2D eigenvalue weighted by molar-refractivity contribution is -0.384. The quantitative estimate of drug-likeness (QED) is 0.0895. The Balaban J connectivity index is 1.49. The Hall–Kier alpha value is -2.60. The average molecular weight is 600 g/mol. The Morgan fingerprint density at radius 2 is 1.90 bits per heavy atom. The lowest BCUT2D eigenvalue weighted by Crippen LogP contribution is -2.62. The normalized spacial score (nSPS) is 19.8. The summed E-state index contributed by atoms with van der Waals surface area (Å²) in [4.78, 5) is 31.4. The lowest BCUT2D eigenvalue weighted by atomic mass is 9.92. The fourth-order valence-electron chi connectivity index (χ4n) is 4.63. The third-order valence-corrected chi connectivity index (χ3v) is 14.2. The molecule has 0 aliphatic carbocycles. The van der Waals surface area contributed by atoms with Crippen molar-refractivity contribution in [2.45, 2.75) is 83.2 Å². The summed E-state index contributed by atoms with van der Waals surface area (Å²) in [7, 11) is -2.06. The maximum Gasteiger partial charge on any atom is 0.269 e. The van der Waals surface area contributed by atoms with E-state index in [0.29, 0.717) is 5.70 Å². The highest BCUT2D eigenvalue weighted by Crippen LogP contribution is 2.53. The van der Waals surface area contributed by atoms with E-state index >= 15 is 0 Å². The number of aromatic nitrogens is 1. The fraction of sp³-hybridized carbons (Fsp3) is 0.483. The minimum Gasteiger partial charge on any atom is -0.477 e. The highest BCUT2D eigenvalue weighted by molar-refractivity contribution is 8.04. The van der Waals surface area contributed by atoms with Gasteiger partial charge in [-0.15, -0.1) is 11.8 Å². The molecule has 2 aliphatic rings. The number of nitro benzene ring substituents is 1. The van der Waals surface area contributed by atoms with E-state index in [1.54, 1.807) is 35.0 Å². The van der Waals surface area contributed by atoms with Crippen molar-refractivity contribution in [3.05, 3.63) is 80.6 Å². The number of rotatable bonds is 11. The standard InChI is InChI=1S/C29H37N3O5S2Si/c1-19(37-40(5,6)29(2,3)4)24-26(33)31-25(28(38)36-18-20-13-15-22(16-14-20)32(34)35)23(39-27(24)31)12-9-11-21-10-7-8-17-30-21/h7-8,10,13-17,19,24,27H,9,11-12,18H2,1-6H3/t19-,24+,27+/m0/s1. The van der Waals surface area contributed by atoms with Gasteiger partial charge in [0.15, 0.2) is 8.32 Å².